The molecule has 0 aromatic carbocycles. The van der Waals surface area contributed by atoms with Crippen molar-refractivity contribution in [1.82, 2.24) is 24.9 Å². The molecule has 90 valence electrons. The number of hydrogen-bond donors (Lipinski definition) is 1. The van der Waals surface area contributed by atoms with E-state index in [2.05, 4.69) is 32.3 Å². The van der Waals surface area contributed by atoms with E-state index in [9.17, 15) is 0 Å². The Kier molecular flexibility index (Phi) is 2.64. The summed E-state index contributed by atoms with van der Waals surface area (Å²) in [6.07, 6.45) is 6.50. The highest BCUT2D eigenvalue weighted by atomic mass is 15.3. The molecule has 0 atom stereocenters. The minimum atomic E-state index is 0.533. The molecule has 1 saturated heterocycles. The summed E-state index contributed by atoms with van der Waals surface area (Å²) in [5.74, 6) is 0.943. The molecule has 6 nitrogen and oxygen atoms in total. The van der Waals surface area contributed by atoms with Crippen LogP contribution in [0.4, 0.5) is 5.82 Å². The lowest BCUT2D eigenvalue weighted by atomic mass is 10.1. The van der Waals surface area contributed by atoms with Crippen LogP contribution in [0.1, 0.15) is 13.3 Å². The van der Waals surface area contributed by atoms with Crippen molar-refractivity contribution in [2.45, 2.75) is 19.4 Å². The lowest BCUT2D eigenvalue weighted by Gasteiger charge is -2.38. The van der Waals surface area contributed by atoms with Crippen molar-refractivity contribution >= 4 is 11.5 Å². The van der Waals surface area contributed by atoms with E-state index in [0.717, 1.165) is 37.5 Å². The normalized spacial score (nSPS) is 16.1. The summed E-state index contributed by atoms with van der Waals surface area (Å²) in [6.45, 7) is 5.24. The molecule has 1 N–H and O–H groups in total. The highest BCUT2D eigenvalue weighted by Gasteiger charge is 2.26. The van der Waals surface area contributed by atoms with Crippen molar-refractivity contribution in [2.75, 3.05) is 24.5 Å². The zero-order valence-corrected chi connectivity index (χ0v) is 9.87. The van der Waals surface area contributed by atoms with Gasteiger partial charge in [-0.05, 0) is 6.42 Å². The number of anilines is 1. The first-order chi connectivity index (χ1) is 8.40. The van der Waals surface area contributed by atoms with Crippen LogP contribution < -0.4 is 10.2 Å². The predicted molar refractivity (Wildman–Crippen MR) is 65.1 cm³/mol. The molecule has 1 aliphatic rings. The van der Waals surface area contributed by atoms with Crippen LogP contribution in [0.5, 0.6) is 0 Å². The van der Waals surface area contributed by atoms with Crippen molar-refractivity contribution in [3.05, 3.63) is 18.7 Å². The number of nitrogens with one attached hydrogen (secondary N) is 1. The van der Waals surface area contributed by atoms with E-state index >= 15 is 0 Å². The molecule has 0 spiro atoms. The van der Waals surface area contributed by atoms with Gasteiger partial charge < -0.3 is 10.2 Å². The summed E-state index contributed by atoms with van der Waals surface area (Å²) in [4.78, 5) is 6.81. The fourth-order valence-electron chi connectivity index (χ4n) is 2.14. The third kappa shape index (κ3) is 1.74. The monoisotopic (exact) mass is 232 g/mol. The fourth-order valence-corrected chi connectivity index (χ4v) is 2.14. The molecule has 3 heterocycles. The van der Waals surface area contributed by atoms with Crippen molar-refractivity contribution in [2.24, 2.45) is 0 Å². The highest BCUT2D eigenvalue weighted by molar-refractivity contribution is 5.64. The van der Waals surface area contributed by atoms with Gasteiger partial charge in [0.15, 0.2) is 5.82 Å². The molecule has 2 aromatic rings. The standard InChI is InChI=1S/C11H16N6/c1-2-4-17(9-6-12-7-9)10-11-15-14-8-16(11)5-3-13-10/h3,5,8-9,12H,2,4,6-7H2,1H3. The van der Waals surface area contributed by atoms with Crippen LogP contribution in [0.3, 0.4) is 0 Å². The number of hydrogen-bond acceptors (Lipinski definition) is 5. The number of rotatable bonds is 4. The van der Waals surface area contributed by atoms with Crippen molar-refractivity contribution in [3.63, 3.8) is 0 Å². The van der Waals surface area contributed by atoms with E-state index in [-0.39, 0.29) is 0 Å². The smallest absolute Gasteiger partial charge is 0.203 e. The molecule has 0 aliphatic carbocycles. The maximum atomic E-state index is 4.48. The van der Waals surface area contributed by atoms with Gasteiger partial charge >= 0.3 is 0 Å². The molecule has 0 amide bonds. The Morgan fingerprint density at radius 3 is 3.12 bits per heavy atom. The summed E-state index contributed by atoms with van der Waals surface area (Å²) >= 11 is 0. The molecule has 2 aromatic heterocycles. The van der Waals surface area contributed by atoms with Gasteiger partial charge in [-0.2, -0.15) is 0 Å². The first-order valence-corrected chi connectivity index (χ1v) is 6.02. The summed E-state index contributed by atoms with van der Waals surface area (Å²) in [5, 5.41) is 11.4. The van der Waals surface area contributed by atoms with E-state index in [1.807, 2.05) is 10.6 Å². The molecular weight excluding hydrogens is 216 g/mol. The molecule has 3 rings (SSSR count). The lowest BCUT2D eigenvalue weighted by Crippen LogP contribution is -2.58. The minimum absolute atomic E-state index is 0.533. The van der Waals surface area contributed by atoms with Gasteiger partial charge in [-0.1, -0.05) is 6.92 Å². The summed E-state index contributed by atoms with van der Waals surface area (Å²) < 4.78 is 1.91. The molecule has 17 heavy (non-hydrogen) atoms. The van der Waals surface area contributed by atoms with Gasteiger partial charge in [0.1, 0.15) is 6.33 Å². The Bertz CT molecular complexity index is 503. The highest BCUT2D eigenvalue weighted by Crippen LogP contribution is 2.20. The van der Waals surface area contributed by atoms with Crippen LogP contribution in [0, 0.1) is 0 Å². The van der Waals surface area contributed by atoms with Gasteiger partial charge in [-0.25, -0.2) is 4.98 Å². The van der Waals surface area contributed by atoms with Gasteiger partial charge in [-0.15, -0.1) is 10.2 Å². The van der Waals surface area contributed by atoms with Crippen molar-refractivity contribution < 1.29 is 0 Å². The van der Waals surface area contributed by atoms with Crippen molar-refractivity contribution in [1.29, 1.82) is 0 Å². The molecule has 1 aliphatic heterocycles. The Hall–Kier alpha value is -1.69. The van der Waals surface area contributed by atoms with E-state index < -0.39 is 0 Å². The third-order valence-corrected chi connectivity index (χ3v) is 3.13. The Labute approximate surface area is 99.7 Å². The molecule has 1 fully saturated rings. The minimum Gasteiger partial charge on any atom is -0.348 e. The second kappa shape index (κ2) is 4.29. The molecule has 0 saturated carbocycles. The topological polar surface area (TPSA) is 58.4 Å². The molecular formula is C11H16N6. The van der Waals surface area contributed by atoms with Crippen LogP contribution >= 0.6 is 0 Å². The zero-order chi connectivity index (χ0) is 11.7. The Balaban J connectivity index is 2.01. The predicted octanol–water partition coefficient (Wildman–Crippen LogP) is 0.312. The van der Waals surface area contributed by atoms with Gasteiger partial charge in [0.2, 0.25) is 5.65 Å². The lowest BCUT2D eigenvalue weighted by molar-refractivity contribution is 0.411. The summed E-state index contributed by atoms with van der Waals surface area (Å²) in [7, 11) is 0. The van der Waals surface area contributed by atoms with E-state index in [1.54, 1.807) is 12.5 Å². The van der Waals surface area contributed by atoms with Crippen LogP contribution in [0.2, 0.25) is 0 Å². The summed E-state index contributed by atoms with van der Waals surface area (Å²) in [6, 6.07) is 0.533. The van der Waals surface area contributed by atoms with E-state index in [1.165, 1.54) is 0 Å². The van der Waals surface area contributed by atoms with Gasteiger partial charge in [0.25, 0.3) is 0 Å². The SMILES string of the molecule is CCCN(c1nccn2cnnc12)C1CNC1. The fraction of sp³-hybridized carbons (Fsp3) is 0.545. The summed E-state index contributed by atoms with van der Waals surface area (Å²) in [5.41, 5.74) is 0.841. The Morgan fingerprint density at radius 1 is 1.53 bits per heavy atom. The zero-order valence-electron chi connectivity index (χ0n) is 9.87. The van der Waals surface area contributed by atoms with Gasteiger partial charge in [-0.3, -0.25) is 4.40 Å². The van der Waals surface area contributed by atoms with Gasteiger partial charge in [0.05, 0.1) is 6.04 Å². The van der Waals surface area contributed by atoms with Crippen LogP contribution in [0.25, 0.3) is 5.65 Å². The molecule has 0 bridgehead atoms. The number of fused-ring (bicyclic) bond motifs is 1. The van der Waals surface area contributed by atoms with E-state index in [0.29, 0.717) is 6.04 Å². The second-order valence-corrected chi connectivity index (χ2v) is 4.32. The van der Waals surface area contributed by atoms with Crippen molar-refractivity contribution in [3.8, 4) is 0 Å². The second-order valence-electron chi connectivity index (χ2n) is 4.32. The first kappa shape index (κ1) is 10.5. The van der Waals surface area contributed by atoms with Crippen LogP contribution in [-0.2, 0) is 0 Å². The first-order valence-electron chi connectivity index (χ1n) is 6.02. The van der Waals surface area contributed by atoms with Crippen LogP contribution in [-0.4, -0.2) is 45.3 Å². The third-order valence-electron chi connectivity index (χ3n) is 3.13. The largest absolute Gasteiger partial charge is 0.348 e. The average molecular weight is 232 g/mol. The molecule has 0 radical (unpaired) electrons. The number of nitrogens with zero attached hydrogens (tertiary/aromatic N) is 5. The maximum Gasteiger partial charge on any atom is 0.203 e. The molecule has 0 unspecified atom stereocenters. The van der Waals surface area contributed by atoms with E-state index in [4.69, 9.17) is 0 Å². The Morgan fingerprint density at radius 2 is 2.41 bits per heavy atom. The number of aromatic nitrogens is 4. The van der Waals surface area contributed by atoms with Gasteiger partial charge in [0, 0.05) is 32.0 Å². The molecule has 6 heteroatoms. The average Bonchev–Trinajstić information content (AvgIpc) is 2.73. The maximum absolute atomic E-state index is 4.48. The quantitative estimate of drug-likeness (QED) is 0.822. The van der Waals surface area contributed by atoms with Crippen LogP contribution in [0.15, 0.2) is 18.7 Å².